The van der Waals surface area contributed by atoms with Gasteiger partial charge in [0.15, 0.2) is 22.1 Å². The van der Waals surface area contributed by atoms with E-state index in [-0.39, 0.29) is 21.5 Å². The SMILES string of the molecule is COc1cc([C@H]2C3=C(CC(C)(C)CC3=O)Nc3[nH]c(=S)[nH]c(=O)c32)ccc1OCc1ccccc1. The third-order valence-corrected chi connectivity index (χ3v) is 6.72. The molecule has 8 heteroatoms. The summed E-state index contributed by atoms with van der Waals surface area (Å²) < 4.78 is 11.9. The van der Waals surface area contributed by atoms with Gasteiger partial charge < -0.3 is 19.8 Å². The molecule has 2 aromatic carbocycles. The maximum atomic E-state index is 13.4. The van der Waals surface area contributed by atoms with E-state index in [1.807, 2.05) is 48.5 Å². The summed E-state index contributed by atoms with van der Waals surface area (Å²) in [5.74, 6) is 1.11. The number of anilines is 1. The Balaban J connectivity index is 1.60. The molecule has 1 aliphatic carbocycles. The number of ether oxygens (including phenoxy) is 2. The summed E-state index contributed by atoms with van der Waals surface area (Å²) in [5, 5.41) is 3.31. The van der Waals surface area contributed by atoms with E-state index in [1.165, 1.54) is 0 Å². The summed E-state index contributed by atoms with van der Waals surface area (Å²) in [6.45, 7) is 4.54. The second-order valence-corrected chi connectivity index (χ2v) is 10.2. The van der Waals surface area contributed by atoms with Crippen LogP contribution < -0.4 is 20.3 Å². The Morgan fingerprint density at radius 3 is 2.54 bits per heavy atom. The van der Waals surface area contributed by atoms with Crippen molar-refractivity contribution in [3.63, 3.8) is 0 Å². The van der Waals surface area contributed by atoms with Gasteiger partial charge in [-0.1, -0.05) is 50.2 Å². The van der Waals surface area contributed by atoms with E-state index in [0.717, 1.165) is 16.8 Å². The molecule has 0 bridgehead atoms. The predicted molar refractivity (Wildman–Crippen MR) is 137 cm³/mol. The fraction of sp³-hybridized carbons (Fsp3) is 0.296. The number of ketones is 1. The molecule has 2 aliphatic rings. The standard InChI is InChI=1S/C27H27N3O4S/c1-27(2)12-17-22(18(31)13-27)21(23-24(28-17)29-26(35)30-25(23)32)16-9-10-19(20(11-16)33-3)34-14-15-7-5-4-6-8-15/h4-11,21H,12-14H2,1-3H3,(H3,28,29,30,32,35)/t21-/m0/s1. The van der Waals surface area contributed by atoms with E-state index in [2.05, 4.69) is 29.1 Å². The first-order valence-electron chi connectivity index (χ1n) is 11.5. The molecule has 0 unspecified atom stereocenters. The number of H-pyrrole nitrogens is 2. The van der Waals surface area contributed by atoms with Crippen molar-refractivity contribution in [2.24, 2.45) is 5.41 Å². The number of aromatic nitrogens is 2. The average molecular weight is 490 g/mol. The maximum absolute atomic E-state index is 13.4. The Morgan fingerprint density at radius 2 is 1.80 bits per heavy atom. The number of Topliss-reactive ketones (excluding diaryl/α,β-unsaturated/α-hetero) is 1. The van der Waals surface area contributed by atoms with Crippen LogP contribution in [-0.2, 0) is 11.4 Å². The second kappa shape index (κ2) is 8.85. The van der Waals surface area contributed by atoms with Crippen LogP contribution in [0.3, 0.4) is 0 Å². The number of benzene rings is 2. The number of allylic oxidation sites excluding steroid dienone is 2. The topological polar surface area (TPSA) is 96.2 Å². The van der Waals surface area contributed by atoms with Crippen LogP contribution in [0.2, 0.25) is 0 Å². The summed E-state index contributed by atoms with van der Waals surface area (Å²) in [6.07, 6.45) is 1.10. The van der Waals surface area contributed by atoms with Gasteiger partial charge in [-0.25, -0.2) is 0 Å². The lowest BCUT2D eigenvalue weighted by atomic mass is 9.69. The van der Waals surface area contributed by atoms with Crippen molar-refractivity contribution in [3.8, 4) is 11.5 Å². The highest BCUT2D eigenvalue weighted by molar-refractivity contribution is 7.71. The minimum absolute atomic E-state index is 0.0321. The van der Waals surface area contributed by atoms with Gasteiger partial charge in [0.05, 0.1) is 12.7 Å². The molecule has 7 nitrogen and oxygen atoms in total. The average Bonchev–Trinajstić information content (AvgIpc) is 2.81. The minimum Gasteiger partial charge on any atom is -0.493 e. The highest BCUT2D eigenvalue weighted by Gasteiger charge is 2.42. The summed E-state index contributed by atoms with van der Waals surface area (Å²) >= 11 is 5.21. The van der Waals surface area contributed by atoms with Crippen molar-refractivity contribution in [3.05, 3.63) is 91.6 Å². The first-order valence-corrected chi connectivity index (χ1v) is 11.9. The van der Waals surface area contributed by atoms with E-state index < -0.39 is 5.92 Å². The number of carbonyl (C=O) groups excluding carboxylic acids is 1. The highest BCUT2D eigenvalue weighted by atomic mass is 32.1. The molecule has 1 aromatic heterocycles. The third kappa shape index (κ3) is 4.41. The number of nitrogens with one attached hydrogen (secondary N) is 3. The van der Waals surface area contributed by atoms with Gasteiger partial charge in [0.2, 0.25) is 0 Å². The van der Waals surface area contributed by atoms with Crippen LogP contribution in [0.4, 0.5) is 5.82 Å². The monoisotopic (exact) mass is 489 g/mol. The van der Waals surface area contributed by atoms with E-state index in [1.54, 1.807) is 7.11 Å². The first kappa shape index (κ1) is 23.1. The summed E-state index contributed by atoms with van der Waals surface area (Å²) in [4.78, 5) is 32.2. The molecule has 35 heavy (non-hydrogen) atoms. The zero-order chi connectivity index (χ0) is 24.7. The summed E-state index contributed by atoms with van der Waals surface area (Å²) in [6, 6.07) is 15.4. The van der Waals surface area contributed by atoms with Crippen LogP contribution in [0.1, 0.15) is 49.3 Å². The molecule has 5 rings (SSSR count). The second-order valence-electron chi connectivity index (χ2n) is 9.77. The highest BCUT2D eigenvalue weighted by Crippen LogP contribution is 2.48. The van der Waals surface area contributed by atoms with Gasteiger partial charge in [0.25, 0.3) is 5.56 Å². The van der Waals surface area contributed by atoms with Gasteiger partial charge in [-0.2, -0.15) is 0 Å². The van der Waals surface area contributed by atoms with Crippen LogP contribution in [0, 0.1) is 10.2 Å². The molecular weight excluding hydrogens is 462 g/mol. The van der Waals surface area contributed by atoms with Gasteiger partial charge in [-0.05, 0) is 47.3 Å². The maximum Gasteiger partial charge on any atom is 0.257 e. The minimum atomic E-state index is -0.558. The Morgan fingerprint density at radius 1 is 1.03 bits per heavy atom. The molecule has 0 saturated carbocycles. The zero-order valence-corrected chi connectivity index (χ0v) is 20.7. The number of hydrogen-bond donors (Lipinski definition) is 3. The fourth-order valence-corrected chi connectivity index (χ4v) is 5.19. The first-order chi connectivity index (χ1) is 16.8. The van der Waals surface area contributed by atoms with Gasteiger partial charge in [0.1, 0.15) is 12.4 Å². The Labute approximate surface area is 208 Å². The molecule has 1 aliphatic heterocycles. The molecule has 3 aromatic rings. The Bertz CT molecular complexity index is 1450. The van der Waals surface area contributed by atoms with E-state index in [0.29, 0.717) is 47.9 Å². The van der Waals surface area contributed by atoms with Gasteiger partial charge >= 0.3 is 0 Å². The van der Waals surface area contributed by atoms with Crippen LogP contribution >= 0.6 is 12.2 Å². The van der Waals surface area contributed by atoms with Crippen LogP contribution in [0.15, 0.2) is 64.6 Å². The fourth-order valence-electron chi connectivity index (χ4n) is 5.00. The zero-order valence-electron chi connectivity index (χ0n) is 19.9. The summed E-state index contributed by atoms with van der Waals surface area (Å²) in [7, 11) is 1.58. The Kier molecular flexibility index (Phi) is 5.84. The van der Waals surface area contributed by atoms with Gasteiger partial charge in [-0.15, -0.1) is 0 Å². The van der Waals surface area contributed by atoms with E-state index >= 15 is 0 Å². The molecule has 2 heterocycles. The molecule has 0 radical (unpaired) electrons. The van der Waals surface area contributed by atoms with E-state index in [4.69, 9.17) is 21.7 Å². The van der Waals surface area contributed by atoms with Crippen molar-refractivity contribution in [2.75, 3.05) is 12.4 Å². The van der Waals surface area contributed by atoms with Gasteiger partial charge in [0, 0.05) is 23.6 Å². The molecule has 0 fully saturated rings. The Hall–Kier alpha value is -3.65. The molecular formula is C27H27N3O4S. The normalized spacial score (nSPS) is 18.4. The molecule has 0 amide bonds. The van der Waals surface area contributed by atoms with Crippen molar-refractivity contribution in [1.29, 1.82) is 0 Å². The van der Waals surface area contributed by atoms with Crippen molar-refractivity contribution in [2.45, 2.75) is 39.2 Å². The third-order valence-electron chi connectivity index (χ3n) is 6.51. The molecule has 0 spiro atoms. The number of hydrogen-bond acceptors (Lipinski definition) is 6. The number of fused-ring (bicyclic) bond motifs is 1. The van der Waals surface area contributed by atoms with Crippen molar-refractivity contribution < 1.29 is 14.3 Å². The van der Waals surface area contributed by atoms with Crippen LogP contribution in [-0.4, -0.2) is 22.9 Å². The number of carbonyl (C=O) groups is 1. The molecule has 0 saturated heterocycles. The molecule has 1 atom stereocenters. The predicted octanol–water partition coefficient (Wildman–Crippen LogP) is 5.22. The van der Waals surface area contributed by atoms with Crippen LogP contribution in [0.25, 0.3) is 0 Å². The largest absolute Gasteiger partial charge is 0.493 e. The van der Waals surface area contributed by atoms with Gasteiger partial charge in [-0.3, -0.25) is 14.6 Å². The van der Waals surface area contributed by atoms with Crippen molar-refractivity contribution >= 4 is 23.8 Å². The van der Waals surface area contributed by atoms with Crippen molar-refractivity contribution in [1.82, 2.24) is 9.97 Å². The lowest BCUT2D eigenvalue weighted by molar-refractivity contribution is -0.118. The van der Waals surface area contributed by atoms with Crippen LogP contribution in [0.5, 0.6) is 11.5 Å². The number of rotatable bonds is 5. The lowest BCUT2D eigenvalue weighted by Gasteiger charge is -2.38. The number of aromatic amines is 2. The summed E-state index contributed by atoms with van der Waals surface area (Å²) in [5.41, 5.74) is 3.18. The van der Waals surface area contributed by atoms with E-state index in [9.17, 15) is 9.59 Å². The number of methoxy groups -OCH3 is 1. The lowest BCUT2D eigenvalue weighted by Crippen LogP contribution is -2.36. The smallest absolute Gasteiger partial charge is 0.257 e. The quantitative estimate of drug-likeness (QED) is 0.425. The molecule has 3 N–H and O–H groups in total. The molecule has 180 valence electrons.